The van der Waals surface area contributed by atoms with Crippen LogP contribution in [0.2, 0.25) is 13.3 Å². The quantitative estimate of drug-likeness (QED) is 0.193. The Morgan fingerprint density at radius 3 is 1.54 bits per heavy atom. The Hall–Kier alpha value is 0.00364. The summed E-state index contributed by atoms with van der Waals surface area (Å²) in [5, 5.41) is 0. The molecule has 160 valence electrons. The Labute approximate surface area is 180 Å². The van der Waals surface area contributed by atoms with E-state index >= 15 is 0 Å². The zero-order valence-corrected chi connectivity index (χ0v) is 22.6. The van der Waals surface area contributed by atoms with Gasteiger partial charge in [-0.05, 0) is 0 Å². The van der Waals surface area contributed by atoms with Gasteiger partial charge in [-0.25, -0.2) is 0 Å². The summed E-state index contributed by atoms with van der Waals surface area (Å²) in [7, 11) is -0.254. The third-order valence-electron chi connectivity index (χ3n) is 6.41. The summed E-state index contributed by atoms with van der Waals surface area (Å²) < 4.78 is 19.3. The molecular weight excluding hydrogens is 450 g/mol. The van der Waals surface area contributed by atoms with E-state index in [-0.39, 0.29) is 18.3 Å². The Balaban J connectivity index is 2.69. The number of rotatable bonds is 13. The van der Waals surface area contributed by atoms with Gasteiger partial charge >= 0.3 is 181 Å². The number of unbranched alkanes of at least 4 members (excludes halogenated alkanes) is 3. The topological polar surface area (TPSA) is 18.5 Å². The van der Waals surface area contributed by atoms with Crippen molar-refractivity contribution in [1.29, 1.82) is 0 Å². The molecule has 0 bridgehead atoms. The molecule has 2 nitrogen and oxygen atoms in total. The molecule has 1 heterocycles. The van der Waals surface area contributed by atoms with Crippen molar-refractivity contribution in [3.63, 3.8) is 0 Å². The van der Waals surface area contributed by atoms with E-state index in [0.29, 0.717) is 0 Å². The van der Waals surface area contributed by atoms with Crippen LogP contribution in [0.5, 0.6) is 0 Å². The molecule has 0 N–H and O–H groups in total. The van der Waals surface area contributed by atoms with Crippen LogP contribution in [-0.4, -0.2) is 36.7 Å². The van der Waals surface area contributed by atoms with Crippen LogP contribution in [0.1, 0.15) is 87.0 Å². The van der Waals surface area contributed by atoms with Gasteiger partial charge in [-0.2, -0.15) is 0 Å². The predicted octanol–water partition coefficient (Wildman–Crippen LogP) is 7.67. The fourth-order valence-corrected chi connectivity index (χ4v) is 17.8. The van der Waals surface area contributed by atoms with Crippen LogP contribution >= 0.6 is 0 Å². The zero-order valence-electron chi connectivity index (χ0n) is 19.7. The average molecular weight is 495 g/mol. The Morgan fingerprint density at radius 1 is 0.679 bits per heavy atom. The van der Waals surface area contributed by atoms with Gasteiger partial charge in [0.15, 0.2) is 0 Å². The van der Waals surface area contributed by atoms with Crippen molar-refractivity contribution in [2.24, 2.45) is 0 Å². The standard InChI is InChI=1S/C12H18BO2.3C4H9.Sn/c1-6-7-8-9-10-13-14-11(2,3)12(4,5)15-13;3*1-3-4-2;/h1,6-10H,2-5H3;3*1,3-4H2,2H3;/b6-1?,8-7-,10-9+;;;;. The summed E-state index contributed by atoms with van der Waals surface area (Å²) in [5.41, 5.74) is -0.533. The van der Waals surface area contributed by atoms with E-state index in [1.165, 1.54) is 51.8 Å². The molecule has 0 amide bonds. The van der Waals surface area contributed by atoms with Crippen molar-refractivity contribution < 1.29 is 9.31 Å². The van der Waals surface area contributed by atoms with E-state index in [9.17, 15) is 0 Å². The van der Waals surface area contributed by atoms with Gasteiger partial charge < -0.3 is 0 Å². The maximum atomic E-state index is 6.01. The average Bonchev–Trinajstić information content (AvgIpc) is 2.85. The number of hydrogen-bond donors (Lipinski definition) is 0. The molecule has 1 saturated heterocycles. The zero-order chi connectivity index (χ0) is 21.1. The second kappa shape index (κ2) is 12.6. The molecule has 1 rings (SSSR count). The van der Waals surface area contributed by atoms with Gasteiger partial charge in [-0.1, -0.05) is 0 Å². The summed E-state index contributed by atoms with van der Waals surface area (Å²) >= 11 is -2.14. The molecule has 0 spiro atoms. The van der Waals surface area contributed by atoms with Gasteiger partial charge in [0.25, 0.3) is 0 Å². The van der Waals surface area contributed by atoms with Crippen LogP contribution in [0, 0.1) is 0 Å². The van der Waals surface area contributed by atoms with Crippen molar-refractivity contribution in [2.45, 2.75) is 112 Å². The molecule has 4 heteroatoms. The third-order valence-corrected chi connectivity index (χ3v) is 20.5. The first-order chi connectivity index (χ1) is 13.2. The van der Waals surface area contributed by atoms with Crippen molar-refractivity contribution in [1.82, 2.24) is 0 Å². The molecule has 0 radical (unpaired) electrons. The van der Waals surface area contributed by atoms with Crippen LogP contribution in [0.15, 0.2) is 34.4 Å². The van der Waals surface area contributed by atoms with E-state index in [0.717, 1.165) is 0 Å². The Morgan fingerprint density at radius 2 is 1.11 bits per heavy atom. The molecular formula is C24H45BO2Sn. The molecule has 0 unspecified atom stereocenters. The maximum absolute atomic E-state index is 6.01. The molecule has 0 aromatic heterocycles. The minimum absolute atomic E-state index is 0.254. The first-order valence-electron chi connectivity index (χ1n) is 11.6. The fraction of sp³-hybridized carbons (Fsp3) is 0.750. The monoisotopic (exact) mass is 496 g/mol. The first-order valence-corrected chi connectivity index (χ1v) is 19.3. The van der Waals surface area contributed by atoms with Gasteiger partial charge in [0.2, 0.25) is 0 Å². The second-order valence-electron chi connectivity index (χ2n) is 9.43. The van der Waals surface area contributed by atoms with E-state index in [1.54, 1.807) is 0 Å². The van der Waals surface area contributed by atoms with Crippen LogP contribution in [0.4, 0.5) is 0 Å². The minimum atomic E-state index is -2.14. The van der Waals surface area contributed by atoms with Crippen molar-refractivity contribution in [3.8, 4) is 0 Å². The van der Waals surface area contributed by atoms with Crippen molar-refractivity contribution in [3.05, 3.63) is 34.4 Å². The van der Waals surface area contributed by atoms with Gasteiger partial charge in [0.1, 0.15) is 0 Å². The molecule has 28 heavy (non-hydrogen) atoms. The molecule has 0 atom stereocenters. The van der Waals surface area contributed by atoms with Gasteiger partial charge in [0, 0.05) is 0 Å². The summed E-state index contributed by atoms with van der Waals surface area (Å²) in [6.45, 7) is 15.4. The summed E-state index contributed by atoms with van der Waals surface area (Å²) in [6.07, 6.45) is 17.0. The van der Waals surface area contributed by atoms with Gasteiger partial charge in [-0.15, -0.1) is 0 Å². The summed E-state index contributed by atoms with van der Waals surface area (Å²) in [4.78, 5) is 0. The van der Waals surface area contributed by atoms with Crippen LogP contribution in [0.3, 0.4) is 0 Å². The van der Waals surface area contributed by atoms with E-state index in [4.69, 9.17) is 9.31 Å². The Kier molecular flexibility index (Phi) is 11.8. The molecule has 1 aliphatic heterocycles. The molecule has 0 aromatic rings. The van der Waals surface area contributed by atoms with Crippen molar-refractivity contribution in [2.75, 3.05) is 0 Å². The SMILES string of the molecule is CCC[CH2][Sn](/[CH]=C/C=C\C=C\B1OC(C)(C)C(C)(C)O1)([CH2]CCC)[CH2]CCC. The molecule has 0 saturated carbocycles. The van der Waals surface area contributed by atoms with Crippen LogP contribution in [0.25, 0.3) is 0 Å². The molecule has 0 aromatic carbocycles. The molecule has 1 aliphatic rings. The predicted molar refractivity (Wildman–Crippen MR) is 128 cm³/mol. The summed E-state index contributed by atoms with van der Waals surface area (Å²) in [5.74, 6) is 2.02. The van der Waals surface area contributed by atoms with E-state index in [1.807, 2.05) is 5.98 Å². The normalized spacial score (nSPS) is 19.6. The summed E-state index contributed by atoms with van der Waals surface area (Å²) in [6, 6.07) is 0. The number of hydrogen-bond acceptors (Lipinski definition) is 2. The van der Waals surface area contributed by atoms with Crippen LogP contribution in [-0.2, 0) is 9.31 Å². The molecule has 1 fully saturated rings. The Bertz CT molecular complexity index is 485. The fourth-order valence-electron chi connectivity index (χ4n) is 3.72. The second-order valence-corrected chi connectivity index (χ2v) is 22.4. The molecule has 0 aliphatic carbocycles. The van der Waals surface area contributed by atoms with Gasteiger partial charge in [0.05, 0.1) is 0 Å². The third kappa shape index (κ3) is 8.40. The first kappa shape index (κ1) is 26.0. The van der Waals surface area contributed by atoms with Crippen molar-refractivity contribution >= 4 is 25.5 Å². The van der Waals surface area contributed by atoms with Gasteiger partial charge in [-0.3, -0.25) is 0 Å². The van der Waals surface area contributed by atoms with Crippen LogP contribution < -0.4 is 0 Å². The van der Waals surface area contributed by atoms with E-state index in [2.05, 4.69) is 76.9 Å². The number of allylic oxidation sites excluding steroid dienone is 4. The van der Waals surface area contributed by atoms with E-state index < -0.39 is 18.4 Å².